The first-order chi connectivity index (χ1) is 9.25. The highest BCUT2D eigenvalue weighted by Crippen LogP contribution is 2.42. The summed E-state index contributed by atoms with van der Waals surface area (Å²) >= 11 is 3.29. The first-order valence-corrected chi connectivity index (χ1v) is 8.77. The third-order valence-electron chi connectivity index (χ3n) is 3.51. The standard InChI is InChI=1S/C12H17N3O2S2/c16-10(17)7-19-12-14-13-11(8-1-2-8)15(12)9-3-5-18-6-4-9/h8-9H,1-7H2,(H,16,17). The molecule has 104 valence electrons. The molecule has 7 heteroatoms. The van der Waals surface area contributed by atoms with Crippen LogP contribution < -0.4 is 0 Å². The van der Waals surface area contributed by atoms with Crippen molar-refractivity contribution in [3.05, 3.63) is 5.82 Å². The molecule has 2 heterocycles. The zero-order valence-corrected chi connectivity index (χ0v) is 12.3. The minimum atomic E-state index is -0.799. The van der Waals surface area contributed by atoms with Crippen LogP contribution in [0.15, 0.2) is 5.16 Å². The Labute approximate surface area is 120 Å². The maximum atomic E-state index is 10.7. The molecule has 0 atom stereocenters. The van der Waals surface area contributed by atoms with Crippen LogP contribution >= 0.6 is 23.5 Å². The zero-order valence-electron chi connectivity index (χ0n) is 10.6. The molecule has 3 rings (SSSR count). The van der Waals surface area contributed by atoms with Gasteiger partial charge < -0.3 is 9.67 Å². The SMILES string of the molecule is O=C(O)CSc1nnc(C2CC2)n1C1CCSCC1. The van der Waals surface area contributed by atoms with Crippen molar-refractivity contribution < 1.29 is 9.90 Å². The number of thioether (sulfide) groups is 2. The fourth-order valence-electron chi connectivity index (χ4n) is 2.42. The largest absolute Gasteiger partial charge is 0.481 e. The molecule has 1 aromatic heterocycles. The number of nitrogens with zero attached hydrogens (tertiary/aromatic N) is 3. The van der Waals surface area contributed by atoms with Gasteiger partial charge >= 0.3 is 5.97 Å². The van der Waals surface area contributed by atoms with Crippen LogP contribution in [-0.2, 0) is 4.79 Å². The fraction of sp³-hybridized carbons (Fsp3) is 0.750. The van der Waals surface area contributed by atoms with Crippen LogP contribution in [0.3, 0.4) is 0 Å². The molecule has 2 aliphatic rings. The van der Waals surface area contributed by atoms with Gasteiger partial charge in [0.15, 0.2) is 5.16 Å². The number of rotatable bonds is 5. The highest BCUT2D eigenvalue weighted by atomic mass is 32.2. The fourth-order valence-corrected chi connectivity index (χ4v) is 4.23. The van der Waals surface area contributed by atoms with Crippen molar-refractivity contribution in [2.45, 2.75) is 42.8 Å². The first kappa shape index (κ1) is 13.3. The van der Waals surface area contributed by atoms with Gasteiger partial charge in [0.25, 0.3) is 0 Å². The summed E-state index contributed by atoms with van der Waals surface area (Å²) in [6.45, 7) is 0. The van der Waals surface area contributed by atoms with E-state index in [0.29, 0.717) is 12.0 Å². The molecule has 0 amide bonds. The van der Waals surface area contributed by atoms with Crippen LogP contribution in [0.1, 0.15) is 43.5 Å². The normalized spacial score (nSPS) is 20.6. The van der Waals surface area contributed by atoms with Gasteiger partial charge in [0.1, 0.15) is 5.82 Å². The molecule has 0 bridgehead atoms. The number of hydrogen-bond donors (Lipinski definition) is 1. The molecule has 1 aliphatic carbocycles. The molecular formula is C12H17N3O2S2. The van der Waals surface area contributed by atoms with Crippen LogP contribution in [0.2, 0.25) is 0 Å². The van der Waals surface area contributed by atoms with Crippen molar-refractivity contribution in [1.82, 2.24) is 14.8 Å². The molecule has 0 radical (unpaired) electrons. The maximum absolute atomic E-state index is 10.7. The second-order valence-corrected chi connectivity index (χ2v) is 7.18. The van der Waals surface area contributed by atoms with Gasteiger partial charge in [-0.25, -0.2) is 0 Å². The number of carbonyl (C=O) groups is 1. The van der Waals surface area contributed by atoms with Gasteiger partial charge in [-0.1, -0.05) is 11.8 Å². The van der Waals surface area contributed by atoms with E-state index in [4.69, 9.17) is 5.11 Å². The van der Waals surface area contributed by atoms with E-state index in [1.165, 1.54) is 36.1 Å². The monoisotopic (exact) mass is 299 g/mol. The summed E-state index contributed by atoms with van der Waals surface area (Å²) in [5, 5.41) is 18.2. The van der Waals surface area contributed by atoms with Gasteiger partial charge in [0.05, 0.1) is 5.75 Å². The summed E-state index contributed by atoms with van der Waals surface area (Å²) in [5.74, 6) is 3.26. The van der Waals surface area contributed by atoms with Crippen molar-refractivity contribution in [1.29, 1.82) is 0 Å². The van der Waals surface area contributed by atoms with E-state index >= 15 is 0 Å². The quantitative estimate of drug-likeness (QED) is 0.842. The van der Waals surface area contributed by atoms with Crippen molar-refractivity contribution >= 4 is 29.5 Å². The van der Waals surface area contributed by atoms with E-state index in [-0.39, 0.29) is 5.75 Å². The molecule has 0 unspecified atom stereocenters. The van der Waals surface area contributed by atoms with E-state index < -0.39 is 5.97 Å². The Hall–Kier alpha value is -0.690. The summed E-state index contributed by atoms with van der Waals surface area (Å²) in [6, 6.07) is 0.461. The van der Waals surface area contributed by atoms with Crippen LogP contribution in [0.25, 0.3) is 0 Å². The summed E-state index contributed by atoms with van der Waals surface area (Å²) in [4.78, 5) is 10.7. The van der Waals surface area contributed by atoms with E-state index in [2.05, 4.69) is 14.8 Å². The van der Waals surface area contributed by atoms with Crippen LogP contribution in [0.5, 0.6) is 0 Å². The molecule has 1 aliphatic heterocycles. The lowest BCUT2D eigenvalue weighted by atomic mass is 10.1. The van der Waals surface area contributed by atoms with Gasteiger partial charge in [0.2, 0.25) is 0 Å². The molecule has 0 spiro atoms. The number of aliphatic carboxylic acids is 1. The predicted octanol–water partition coefficient (Wildman–Crippen LogP) is 2.40. The highest BCUT2D eigenvalue weighted by molar-refractivity contribution is 7.99. The van der Waals surface area contributed by atoms with Gasteiger partial charge in [0, 0.05) is 12.0 Å². The maximum Gasteiger partial charge on any atom is 0.313 e. The minimum absolute atomic E-state index is 0.0598. The van der Waals surface area contributed by atoms with Crippen LogP contribution in [0, 0.1) is 0 Å². The van der Waals surface area contributed by atoms with Crippen LogP contribution in [0.4, 0.5) is 0 Å². The van der Waals surface area contributed by atoms with Gasteiger partial charge in [-0.3, -0.25) is 4.79 Å². The first-order valence-electron chi connectivity index (χ1n) is 6.63. The smallest absolute Gasteiger partial charge is 0.313 e. The number of hydrogen-bond acceptors (Lipinski definition) is 5. The molecule has 1 aromatic rings. The molecule has 2 fully saturated rings. The van der Waals surface area contributed by atoms with Crippen molar-refractivity contribution in [2.24, 2.45) is 0 Å². The average molecular weight is 299 g/mol. The molecular weight excluding hydrogens is 282 g/mol. The highest BCUT2D eigenvalue weighted by Gasteiger charge is 2.33. The van der Waals surface area contributed by atoms with E-state index in [0.717, 1.165) is 23.8 Å². The second-order valence-electron chi connectivity index (χ2n) is 5.01. The Morgan fingerprint density at radius 2 is 2.05 bits per heavy atom. The molecule has 19 heavy (non-hydrogen) atoms. The summed E-state index contributed by atoms with van der Waals surface area (Å²) in [6.07, 6.45) is 4.68. The number of carboxylic acids is 1. The predicted molar refractivity (Wildman–Crippen MR) is 76.0 cm³/mol. The average Bonchev–Trinajstić information content (AvgIpc) is 3.17. The summed E-state index contributed by atoms with van der Waals surface area (Å²) in [5.41, 5.74) is 0. The summed E-state index contributed by atoms with van der Waals surface area (Å²) < 4.78 is 2.24. The van der Waals surface area contributed by atoms with Gasteiger partial charge in [-0.2, -0.15) is 11.8 Å². The number of carboxylic acid groups (broad SMARTS) is 1. The van der Waals surface area contributed by atoms with E-state index in [1.807, 2.05) is 11.8 Å². The van der Waals surface area contributed by atoms with Crippen LogP contribution in [-0.4, -0.2) is 43.1 Å². The van der Waals surface area contributed by atoms with Gasteiger partial charge in [-0.05, 0) is 37.2 Å². The molecule has 1 saturated carbocycles. The van der Waals surface area contributed by atoms with Crippen molar-refractivity contribution in [3.63, 3.8) is 0 Å². The Kier molecular flexibility index (Phi) is 4.02. The Bertz CT molecular complexity index is 468. The van der Waals surface area contributed by atoms with Gasteiger partial charge in [-0.15, -0.1) is 10.2 Å². The topological polar surface area (TPSA) is 68.0 Å². The van der Waals surface area contributed by atoms with E-state index in [9.17, 15) is 4.79 Å². The minimum Gasteiger partial charge on any atom is -0.481 e. The molecule has 0 aromatic carbocycles. The molecule has 1 saturated heterocycles. The van der Waals surface area contributed by atoms with Crippen molar-refractivity contribution in [3.8, 4) is 0 Å². The zero-order chi connectivity index (χ0) is 13.2. The molecule has 1 N–H and O–H groups in total. The third kappa shape index (κ3) is 3.08. The Morgan fingerprint density at radius 1 is 1.32 bits per heavy atom. The molecule has 5 nitrogen and oxygen atoms in total. The second kappa shape index (κ2) is 5.75. The Balaban J connectivity index is 1.83. The lowest BCUT2D eigenvalue weighted by Crippen LogP contribution is -2.18. The number of aromatic nitrogens is 3. The lowest BCUT2D eigenvalue weighted by Gasteiger charge is -2.25. The Morgan fingerprint density at radius 3 is 2.68 bits per heavy atom. The van der Waals surface area contributed by atoms with E-state index in [1.54, 1.807) is 0 Å². The van der Waals surface area contributed by atoms with Crippen molar-refractivity contribution in [2.75, 3.05) is 17.3 Å². The lowest BCUT2D eigenvalue weighted by molar-refractivity contribution is -0.133. The summed E-state index contributed by atoms with van der Waals surface area (Å²) in [7, 11) is 0. The third-order valence-corrected chi connectivity index (χ3v) is 5.49.